The first-order valence-electron chi connectivity index (χ1n) is 5.84. The Bertz CT molecular complexity index is 272. The van der Waals surface area contributed by atoms with Crippen molar-refractivity contribution < 1.29 is 14.3 Å². The molecule has 84 valence electrons. The zero-order valence-corrected chi connectivity index (χ0v) is 9.20. The molecule has 3 atom stereocenters. The molecule has 0 aliphatic heterocycles. The average Bonchev–Trinajstić information content (AvgIpc) is 2.29. The monoisotopic (exact) mass is 210 g/mol. The second kappa shape index (κ2) is 4.33. The summed E-state index contributed by atoms with van der Waals surface area (Å²) in [6.45, 7) is 0. The maximum absolute atomic E-state index is 11.7. The second-order valence-corrected chi connectivity index (χ2v) is 4.69. The highest BCUT2D eigenvalue weighted by Gasteiger charge is 2.43. The number of carbonyl (C=O) groups is 2. The topological polar surface area (TPSA) is 43.4 Å². The maximum Gasteiger partial charge on any atom is 0.308 e. The van der Waals surface area contributed by atoms with Gasteiger partial charge >= 0.3 is 5.97 Å². The number of carbonyl (C=O) groups excluding carboxylic acids is 2. The number of hydrogen-bond donors (Lipinski definition) is 0. The number of ether oxygens (including phenoxy) is 1. The van der Waals surface area contributed by atoms with Gasteiger partial charge in [-0.1, -0.05) is 12.8 Å². The van der Waals surface area contributed by atoms with Gasteiger partial charge < -0.3 is 4.74 Å². The summed E-state index contributed by atoms with van der Waals surface area (Å²) in [5, 5.41) is 0. The fourth-order valence-electron chi connectivity index (χ4n) is 3.18. The van der Waals surface area contributed by atoms with Crippen molar-refractivity contribution in [2.45, 2.75) is 38.5 Å². The number of fused-ring (bicyclic) bond motifs is 1. The van der Waals surface area contributed by atoms with Crippen LogP contribution in [0.4, 0.5) is 0 Å². The second-order valence-electron chi connectivity index (χ2n) is 4.69. The van der Waals surface area contributed by atoms with E-state index in [1.54, 1.807) is 0 Å². The van der Waals surface area contributed by atoms with E-state index in [0.717, 1.165) is 25.7 Å². The van der Waals surface area contributed by atoms with Crippen LogP contribution in [0, 0.1) is 17.8 Å². The molecule has 2 rings (SSSR count). The fourth-order valence-corrected chi connectivity index (χ4v) is 3.18. The SMILES string of the molecule is COC(=O)C1CCC(=O)C2CCCCC21. The number of Topliss-reactive ketones (excluding diaryl/α,β-unsaturated/α-hetero) is 1. The van der Waals surface area contributed by atoms with E-state index in [2.05, 4.69) is 0 Å². The molecule has 2 fully saturated rings. The molecule has 0 aromatic carbocycles. The summed E-state index contributed by atoms with van der Waals surface area (Å²) < 4.78 is 4.82. The Labute approximate surface area is 90.2 Å². The number of ketones is 1. The van der Waals surface area contributed by atoms with E-state index in [9.17, 15) is 9.59 Å². The first kappa shape index (κ1) is 10.7. The predicted molar refractivity (Wildman–Crippen MR) is 55.2 cm³/mol. The van der Waals surface area contributed by atoms with Crippen molar-refractivity contribution in [2.24, 2.45) is 17.8 Å². The number of esters is 1. The van der Waals surface area contributed by atoms with E-state index in [1.807, 2.05) is 0 Å². The van der Waals surface area contributed by atoms with Crippen molar-refractivity contribution in [3.05, 3.63) is 0 Å². The molecule has 3 unspecified atom stereocenters. The molecule has 0 heterocycles. The first-order chi connectivity index (χ1) is 7.24. The Balaban J connectivity index is 2.13. The van der Waals surface area contributed by atoms with Crippen LogP contribution >= 0.6 is 0 Å². The maximum atomic E-state index is 11.7. The Kier molecular flexibility index (Phi) is 3.08. The van der Waals surface area contributed by atoms with E-state index in [4.69, 9.17) is 4.74 Å². The Morgan fingerprint density at radius 2 is 2.00 bits per heavy atom. The lowest BCUT2D eigenvalue weighted by molar-refractivity contribution is -0.152. The van der Waals surface area contributed by atoms with Gasteiger partial charge in [-0.2, -0.15) is 0 Å². The van der Waals surface area contributed by atoms with Crippen LogP contribution < -0.4 is 0 Å². The van der Waals surface area contributed by atoms with E-state index in [0.29, 0.717) is 18.6 Å². The van der Waals surface area contributed by atoms with Gasteiger partial charge in [0.1, 0.15) is 5.78 Å². The minimum Gasteiger partial charge on any atom is -0.469 e. The van der Waals surface area contributed by atoms with Crippen LogP contribution in [0.1, 0.15) is 38.5 Å². The minimum absolute atomic E-state index is 0.0157. The molecule has 2 aliphatic rings. The summed E-state index contributed by atoms with van der Waals surface area (Å²) in [5.41, 5.74) is 0. The summed E-state index contributed by atoms with van der Waals surface area (Å²) in [5.74, 6) is 0.668. The van der Waals surface area contributed by atoms with Crippen LogP contribution in [-0.2, 0) is 14.3 Å². The highest BCUT2D eigenvalue weighted by molar-refractivity contribution is 5.85. The third-order valence-corrected chi connectivity index (χ3v) is 3.96. The fraction of sp³-hybridized carbons (Fsp3) is 0.833. The molecule has 2 saturated carbocycles. The lowest BCUT2D eigenvalue weighted by Crippen LogP contribution is -2.40. The van der Waals surface area contributed by atoms with Gasteiger partial charge in [-0.25, -0.2) is 0 Å². The smallest absolute Gasteiger partial charge is 0.308 e. The van der Waals surface area contributed by atoms with Crippen LogP contribution in [0.15, 0.2) is 0 Å². The molecular formula is C12H18O3. The summed E-state index contributed by atoms with van der Waals surface area (Å²) in [7, 11) is 1.44. The summed E-state index contributed by atoms with van der Waals surface area (Å²) >= 11 is 0. The Hall–Kier alpha value is -0.860. The Morgan fingerprint density at radius 1 is 1.27 bits per heavy atom. The van der Waals surface area contributed by atoms with Crippen LogP contribution in [0.2, 0.25) is 0 Å². The molecule has 3 heteroatoms. The van der Waals surface area contributed by atoms with Crippen LogP contribution in [0.25, 0.3) is 0 Å². The molecule has 0 radical (unpaired) electrons. The van der Waals surface area contributed by atoms with E-state index >= 15 is 0 Å². The highest BCUT2D eigenvalue weighted by Crippen LogP contribution is 2.42. The lowest BCUT2D eigenvalue weighted by Gasteiger charge is -2.38. The zero-order valence-electron chi connectivity index (χ0n) is 9.20. The molecular weight excluding hydrogens is 192 g/mol. The van der Waals surface area contributed by atoms with Gasteiger partial charge in [0.15, 0.2) is 0 Å². The van der Waals surface area contributed by atoms with Crippen molar-refractivity contribution in [3.63, 3.8) is 0 Å². The molecule has 3 nitrogen and oxygen atoms in total. The molecule has 0 aromatic rings. The van der Waals surface area contributed by atoms with Crippen molar-refractivity contribution >= 4 is 11.8 Å². The lowest BCUT2D eigenvalue weighted by atomic mass is 9.65. The summed E-state index contributed by atoms with van der Waals surface area (Å²) in [6, 6.07) is 0. The minimum atomic E-state index is -0.112. The molecule has 0 bridgehead atoms. The van der Waals surface area contributed by atoms with Gasteiger partial charge in [-0.3, -0.25) is 9.59 Å². The van der Waals surface area contributed by atoms with Gasteiger partial charge in [0.25, 0.3) is 0 Å². The van der Waals surface area contributed by atoms with Crippen molar-refractivity contribution in [1.82, 2.24) is 0 Å². The van der Waals surface area contributed by atoms with Crippen LogP contribution in [-0.4, -0.2) is 18.9 Å². The van der Waals surface area contributed by atoms with Gasteiger partial charge in [-0.05, 0) is 25.2 Å². The van der Waals surface area contributed by atoms with E-state index < -0.39 is 0 Å². The standard InChI is InChI=1S/C12H18O3/c1-15-12(14)10-6-7-11(13)9-5-3-2-4-8(9)10/h8-10H,2-7H2,1H3. The van der Waals surface area contributed by atoms with Gasteiger partial charge in [0.2, 0.25) is 0 Å². The predicted octanol–water partition coefficient (Wildman–Crippen LogP) is 1.94. The molecule has 2 aliphatic carbocycles. The first-order valence-corrected chi connectivity index (χ1v) is 5.84. The van der Waals surface area contributed by atoms with E-state index in [-0.39, 0.29) is 23.7 Å². The van der Waals surface area contributed by atoms with Gasteiger partial charge in [-0.15, -0.1) is 0 Å². The van der Waals surface area contributed by atoms with Crippen molar-refractivity contribution in [2.75, 3.05) is 7.11 Å². The number of methoxy groups -OCH3 is 1. The molecule has 0 spiro atoms. The summed E-state index contributed by atoms with van der Waals surface area (Å²) in [6.07, 6.45) is 5.57. The third kappa shape index (κ3) is 1.92. The van der Waals surface area contributed by atoms with Crippen LogP contribution in [0.5, 0.6) is 0 Å². The van der Waals surface area contributed by atoms with Crippen LogP contribution in [0.3, 0.4) is 0 Å². The number of rotatable bonds is 1. The largest absolute Gasteiger partial charge is 0.469 e. The van der Waals surface area contributed by atoms with Crippen molar-refractivity contribution in [1.29, 1.82) is 0 Å². The molecule has 0 aromatic heterocycles. The molecule has 0 N–H and O–H groups in total. The molecule has 0 saturated heterocycles. The molecule has 0 amide bonds. The van der Waals surface area contributed by atoms with Gasteiger partial charge in [0, 0.05) is 12.3 Å². The average molecular weight is 210 g/mol. The summed E-state index contributed by atoms with van der Waals surface area (Å²) in [4.78, 5) is 23.3. The normalized spacial score (nSPS) is 35.8. The Morgan fingerprint density at radius 3 is 2.73 bits per heavy atom. The van der Waals surface area contributed by atoms with E-state index in [1.165, 1.54) is 7.11 Å². The quantitative estimate of drug-likeness (QED) is 0.621. The van der Waals surface area contributed by atoms with Gasteiger partial charge in [0.05, 0.1) is 13.0 Å². The third-order valence-electron chi connectivity index (χ3n) is 3.96. The highest BCUT2D eigenvalue weighted by atomic mass is 16.5. The molecule has 15 heavy (non-hydrogen) atoms. The number of hydrogen-bond acceptors (Lipinski definition) is 3. The van der Waals surface area contributed by atoms with Crippen molar-refractivity contribution in [3.8, 4) is 0 Å². The zero-order chi connectivity index (χ0) is 10.8.